The standard InChI is InChI=1S/C12H17N5S/c13-9(7-5-6-7)11-16-17-10(8-3-1-2-4-8)14-15-12(17)18-11/h7-9H,1-6,13H2. The van der Waals surface area contributed by atoms with E-state index in [2.05, 4.69) is 15.3 Å². The van der Waals surface area contributed by atoms with E-state index in [9.17, 15) is 0 Å². The quantitative estimate of drug-likeness (QED) is 0.922. The molecule has 0 aliphatic heterocycles. The molecule has 2 heterocycles. The van der Waals surface area contributed by atoms with E-state index < -0.39 is 0 Å². The predicted molar refractivity (Wildman–Crippen MR) is 69.5 cm³/mol. The van der Waals surface area contributed by atoms with Gasteiger partial charge < -0.3 is 5.73 Å². The highest BCUT2D eigenvalue weighted by Gasteiger charge is 2.33. The average molecular weight is 263 g/mol. The molecule has 2 aromatic heterocycles. The fourth-order valence-corrected chi connectivity index (χ4v) is 3.82. The molecular formula is C12H17N5S. The van der Waals surface area contributed by atoms with Crippen LogP contribution in [0.25, 0.3) is 4.96 Å². The van der Waals surface area contributed by atoms with Crippen molar-refractivity contribution in [2.24, 2.45) is 11.7 Å². The van der Waals surface area contributed by atoms with E-state index in [1.807, 2.05) is 4.52 Å². The summed E-state index contributed by atoms with van der Waals surface area (Å²) in [6.07, 6.45) is 7.55. The van der Waals surface area contributed by atoms with Crippen LogP contribution < -0.4 is 5.73 Å². The normalized spacial score (nSPS) is 22.9. The first kappa shape index (κ1) is 10.9. The molecule has 0 radical (unpaired) electrons. The molecule has 5 nitrogen and oxygen atoms in total. The van der Waals surface area contributed by atoms with Gasteiger partial charge in [0.1, 0.15) is 5.01 Å². The number of hydrogen-bond acceptors (Lipinski definition) is 5. The van der Waals surface area contributed by atoms with Crippen LogP contribution in [-0.4, -0.2) is 19.8 Å². The third kappa shape index (κ3) is 1.66. The zero-order chi connectivity index (χ0) is 12.1. The highest BCUT2D eigenvalue weighted by atomic mass is 32.1. The van der Waals surface area contributed by atoms with Crippen molar-refractivity contribution in [1.29, 1.82) is 0 Å². The zero-order valence-electron chi connectivity index (χ0n) is 10.2. The summed E-state index contributed by atoms with van der Waals surface area (Å²) in [6, 6.07) is 0.105. The number of nitrogens with zero attached hydrogens (tertiary/aromatic N) is 4. The molecule has 0 saturated heterocycles. The van der Waals surface area contributed by atoms with Crippen molar-refractivity contribution in [2.45, 2.75) is 50.5 Å². The van der Waals surface area contributed by atoms with Crippen LogP contribution in [0.15, 0.2) is 0 Å². The lowest BCUT2D eigenvalue weighted by Crippen LogP contribution is -2.13. The molecule has 0 bridgehead atoms. The summed E-state index contributed by atoms with van der Waals surface area (Å²) in [7, 11) is 0. The second kappa shape index (κ2) is 3.99. The lowest BCUT2D eigenvalue weighted by atomic mass is 10.1. The van der Waals surface area contributed by atoms with Crippen molar-refractivity contribution < 1.29 is 0 Å². The summed E-state index contributed by atoms with van der Waals surface area (Å²) in [4.78, 5) is 0.906. The highest BCUT2D eigenvalue weighted by molar-refractivity contribution is 7.16. The maximum atomic E-state index is 6.21. The van der Waals surface area contributed by atoms with Gasteiger partial charge in [-0.2, -0.15) is 9.61 Å². The topological polar surface area (TPSA) is 69.1 Å². The van der Waals surface area contributed by atoms with Crippen LogP contribution in [0.5, 0.6) is 0 Å². The van der Waals surface area contributed by atoms with Crippen LogP contribution in [0, 0.1) is 5.92 Å². The van der Waals surface area contributed by atoms with E-state index in [1.165, 1.54) is 38.5 Å². The van der Waals surface area contributed by atoms with Crippen LogP contribution >= 0.6 is 11.3 Å². The van der Waals surface area contributed by atoms with Gasteiger partial charge in [-0.05, 0) is 31.6 Å². The van der Waals surface area contributed by atoms with Gasteiger partial charge in [0.25, 0.3) is 0 Å². The summed E-state index contributed by atoms with van der Waals surface area (Å²) < 4.78 is 1.94. The minimum absolute atomic E-state index is 0.105. The zero-order valence-corrected chi connectivity index (χ0v) is 11.1. The Morgan fingerprint density at radius 3 is 2.67 bits per heavy atom. The summed E-state index contributed by atoms with van der Waals surface area (Å²) in [5.41, 5.74) is 6.21. The van der Waals surface area contributed by atoms with Gasteiger partial charge in [-0.15, -0.1) is 10.2 Å². The highest BCUT2D eigenvalue weighted by Crippen LogP contribution is 2.41. The van der Waals surface area contributed by atoms with Crippen molar-refractivity contribution in [3.8, 4) is 0 Å². The maximum absolute atomic E-state index is 6.21. The second-order valence-electron chi connectivity index (χ2n) is 5.54. The van der Waals surface area contributed by atoms with E-state index in [4.69, 9.17) is 5.73 Å². The molecule has 2 fully saturated rings. The average Bonchev–Trinajstić information content (AvgIpc) is 2.79. The smallest absolute Gasteiger partial charge is 0.234 e. The molecule has 6 heteroatoms. The van der Waals surface area contributed by atoms with E-state index in [0.717, 1.165) is 15.8 Å². The van der Waals surface area contributed by atoms with Gasteiger partial charge in [-0.3, -0.25) is 0 Å². The molecule has 0 spiro atoms. The van der Waals surface area contributed by atoms with Crippen LogP contribution in [0.2, 0.25) is 0 Å². The number of nitrogens with two attached hydrogens (primary N) is 1. The van der Waals surface area contributed by atoms with Gasteiger partial charge in [0.2, 0.25) is 4.96 Å². The third-order valence-corrected chi connectivity index (χ3v) is 5.17. The van der Waals surface area contributed by atoms with E-state index in [-0.39, 0.29) is 6.04 Å². The molecule has 2 N–H and O–H groups in total. The maximum Gasteiger partial charge on any atom is 0.234 e. The van der Waals surface area contributed by atoms with Crippen molar-refractivity contribution in [1.82, 2.24) is 19.8 Å². The Hall–Kier alpha value is -1.01. The molecule has 0 aromatic carbocycles. The second-order valence-corrected chi connectivity index (χ2v) is 6.53. The van der Waals surface area contributed by atoms with Crippen LogP contribution in [0.4, 0.5) is 0 Å². The van der Waals surface area contributed by atoms with Crippen LogP contribution in [-0.2, 0) is 0 Å². The predicted octanol–water partition coefficient (Wildman–Crippen LogP) is 2.25. The van der Waals surface area contributed by atoms with E-state index in [1.54, 1.807) is 11.3 Å². The molecule has 96 valence electrons. The molecule has 1 atom stereocenters. The Kier molecular flexibility index (Phi) is 2.41. The number of fused-ring (bicyclic) bond motifs is 1. The van der Waals surface area contributed by atoms with Gasteiger partial charge in [0.05, 0.1) is 6.04 Å². The molecule has 2 aliphatic rings. The number of aromatic nitrogens is 4. The summed E-state index contributed by atoms with van der Waals surface area (Å²) in [5.74, 6) is 2.24. The first-order valence-corrected chi connectivity index (χ1v) is 7.62. The third-order valence-electron chi connectivity index (χ3n) is 4.17. The minimum Gasteiger partial charge on any atom is -0.322 e. The van der Waals surface area contributed by atoms with Crippen molar-refractivity contribution in [3.05, 3.63) is 10.8 Å². The van der Waals surface area contributed by atoms with E-state index >= 15 is 0 Å². The fourth-order valence-electron chi connectivity index (χ4n) is 2.88. The number of rotatable bonds is 3. The first-order valence-electron chi connectivity index (χ1n) is 6.80. The van der Waals surface area contributed by atoms with Gasteiger partial charge in [-0.25, -0.2) is 0 Å². The largest absolute Gasteiger partial charge is 0.322 e. The Labute approximate surface area is 109 Å². The van der Waals surface area contributed by atoms with Crippen molar-refractivity contribution in [2.75, 3.05) is 0 Å². The van der Waals surface area contributed by atoms with Crippen molar-refractivity contribution in [3.63, 3.8) is 0 Å². The van der Waals surface area contributed by atoms with Crippen molar-refractivity contribution >= 4 is 16.3 Å². The molecule has 2 saturated carbocycles. The fraction of sp³-hybridized carbons (Fsp3) is 0.750. The van der Waals surface area contributed by atoms with Gasteiger partial charge in [0, 0.05) is 5.92 Å². The molecule has 0 amide bonds. The van der Waals surface area contributed by atoms with Crippen LogP contribution in [0.3, 0.4) is 0 Å². The van der Waals surface area contributed by atoms with E-state index in [0.29, 0.717) is 11.8 Å². The van der Waals surface area contributed by atoms with Crippen LogP contribution in [0.1, 0.15) is 61.3 Å². The molecule has 2 aromatic rings. The lowest BCUT2D eigenvalue weighted by molar-refractivity contribution is 0.599. The van der Waals surface area contributed by atoms with Gasteiger partial charge >= 0.3 is 0 Å². The molecule has 2 aliphatic carbocycles. The minimum atomic E-state index is 0.105. The molecule has 18 heavy (non-hydrogen) atoms. The molecule has 4 rings (SSSR count). The Balaban J connectivity index is 1.71. The summed E-state index contributed by atoms with van der Waals surface area (Å²) >= 11 is 1.61. The Morgan fingerprint density at radius 1 is 1.17 bits per heavy atom. The van der Waals surface area contributed by atoms with Gasteiger partial charge in [0.15, 0.2) is 5.82 Å². The lowest BCUT2D eigenvalue weighted by Gasteiger charge is -2.05. The Morgan fingerprint density at radius 2 is 1.94 bits per heavy atom. The SMILES string of the molecule is NC(c1nn2c(C3CCCC3)nnc2s1)C1CC1. The van der Waals surface area contributed by atoms with Gasteiger partial charge in [-0.1, -0.05) is 24.2 Å². The Bertz CT molecular complexity index is 564. The number of hydrogen-bond donors (Lipinski definition) is 1. The summed E-state index contributed by atoms with van der Waals surface area (Å²) in [6.45, 7) is 0. The monoisotopic (exact) mass is 263 g/mol. The first-order chi connectivity index (χ1) is 8.83. The summed E-state index contributed by atoms with van der Waals surface area (Å²) in [5, 5.41) is 14.3. The molecule has 1 unspecified atom stereocenters. The molecular weight excluding hydrogens is 246 g/mol.